The molecule has 84 valence electrons. The first-order chi connectivity index (χ1) is 6.73. The maximum absolute atomic E-state index is 12.4. The summed E-state index contributed by atoms with van der Waals surface area (Å²) >= 11 is 0. The van der Waals surface area contributed by atoms with Gasteiger partial charge in [0.15, 0.2) is 0 Å². The Kier molecular flexibility index (Phi) is 4.05. The molecular weight excluding hydrogens is 220 g/mol. The highest BCUT2D eigenvalue weighted by atomic mass is 35.5. The van der Waals surface area contributed by atoms with Crippen LogP contribution < -0.4 is 5.32 Å². The molecule has 0 amide bonds. The summed E-state index contributed by atoms with van der Waals surface area (Å²) in [7, 11) is 0. The van der Waals surface area contributed by atoms with Gasteiger partial charge in [0.25, 0.3) is 0 Å². The summed E-state index contributed by atoms with van der Waals surface area (Å²) in [6, 6.07) is 9.58. The zero-order valence-corrected chi connectivity index (χ0v) is 9.07. The predicted molar refractivity (Wildman–Crippen MR) is 58.9 cm³/mol. The van der Waals surface area contributed by atoms with E-state index in [2.05, 4.69) is 5.32 Å². The molecule has 0 atom stereocenters. The minimum atomic E-state index is -2.22. The summed E-state index contributed by atoms with van der Waals surface area (Å²) in [6.07, 6.45) is -2.26. The maximum Gasteiger partial charge on any atom is 0.239 e. The number of nitrogens with one attached hydrogen (secondary N) is 1. The van der Waals surface area contributed by atoms with Crippen molar-refractivity contribution in [3.8, 4) is 0 Å². The zero-order chi connectivity index (χ0) is 10.0. The largest absolute Gasteiger partial charge is 0.315 e. The fourth-order valence-electron chi connectivity index (χ4n) is 1.98. The van der Waals surface area contributed by atoms with Gasteiger partial charge >= 0.3 is 0 Å². The van der Waals surface area contributed by atoms with Gasteiger partial charge in [0.05, 0.1) is 0 Å². The van der Waals surface area contributed by atoms with Crippen LogP contribution in [0.1, 0.15) is 12.0 Å². The summed E-state index contributed by atoms with van der Waals surface area (Å²) in [5, 5.41) is 3.07. The fraction of sp³-hybridized carbons (Fsp3) is 0.455. The zero-order valence-electron chi connectivity index (χ0n) is 8.25. The quantitative estimate of drug-likeness (QED) is 0.846. The Morgan fingerprint density at radius 2 is 1.80 bits per heavy atom. The molecule has 0 aromatic heterocycles. The third-order valence-electron chi connectivity index (χ3n) is 2.86. The van der Waals surface area contributed by atoms with Gasteiger partial charge in [-0.3, -0.25) is 0 Å². The van der Waals surface area contributed by atoms with Crippen molar-refractivity contribution in [1.82, 2.24) is 5.32 Å². The molecule has 1 aliphatic heterocycles. The molecule has 2 rings (SSSR count). The van der Waals surface area contributed by atoms with Crippen LogP contribution in [0.15, 0.2) is 30.3 Å². The summed E-state index contributed by atoms with van der Waals surface area (Å²) < 4.78 is 24.8. The molecule has 4 heteroatoms. The second-order valence-corrected chi connectivity index (χ2v) is 3.85. The van der Waals surface area contributed by atoms with E-state index >= 15 is 0 Å². The Hall–Kier alpha value is -0.670. The Bertz CT molecular complexity index is 299. The normalized spacial score (nSPS) is 18.1. The molecule has 0 spiro atoms. The average molecular weight is 234 g/mol. The molecule has 0 bridgehead atoms. The summed E-state index contributed by atoms with van der Waals surface area (Å²) in [6.45, 7) is 1.34. The van der Waals surface area contributed by atoms with Crippen LogP contribution in [-0.2, 0) is 5.41 Å². The van der Waals surface area contributed by atoms with Gasteiger partial charge in [-0.2, -0.15) is 0 Å². The number of benzene rings is 1. The number of halogens is 3. The van der Waals surface area contributed by atoms with Crippen LogP contribution in [0.3, 0.4) is 0 Å². The lowest BCUT2D eigenvalue weighted by Crippen LogP contribution is -2.57. The van der Waals surface area contributed by atoms with Gasteiger partial charge in [0, 0.05) is 24.9 Å². The van der Waals surface area contributed by atoms with Gasteiger partial charge in [-0.25, -0.2) is 8.78 Å². The van der Waals surface area contributed by atoms with E-state index in [1.165, 1.54) is 0 Å². The highest BCUT2D eigenvalue weighted by Gasteiger charge is 2.40. The van der Waals surface area contributed by atoms with Crippen LogP contribution in [0.25, 0.3) is 0 Å². The minimum absolute atomic E-state index is 0. The van der Waals surface area contributed by atoms with Crippen molar-refractivity contribution >= 4 is 12.4 Å². The molecular formula is C11H14ClF2N. The second kappa shape index (κ2) is 4.90. The van der Waals surface area contributed by atoms with Gasteiger partial charge in [-0.05, 0) is 5.56 Å². The van der Waals surface area contributed by atoms with Crippen LogP contribution in [0.2, 0.25) is 0 Å². The minimum Gasteiger partial charge on any atom is -0.315 e. The fourth-order valence-corrected chi connectivity index (χ4v) is 1.98. The van der Waals surface area contributed by atoms with Crippen molar-refractivity contribution in [2.75, 3.05) is 13.1 Å². The van der Waals surface area contributed by atoms with Crippen molar-refractivity contribution < 1.29 is 8.78 Å². The number of hydrogen-bond donors (Lipinski definition) is 1. The molecule has 1 saturated heterocycles. The first-order valence-electron chi connectivity index (χ1n) is 4.77. The predicted octanol–water partition coefficient (Wildman–Crippen LogP) is 2.60. The lowest BCUT2D eigenvalue weighted by molar-refractivity contribution is 0.0817. The average Bonchev–Trinajstić information content (AvgIpc) is 2.12. The topological polar surface area (TPSA) is 12.0 Å². The van der Waals surface area contributed by atoms with E-state index in [0.29, 0.717) is 13.1 Å². The highest BCUT2D eigenvalue weighted by molar-refractivity contribution is 5.85. The Labute approximate surface area is 94.3 Å². The van der Waals surface area contributed by atoms with E-state index in [1.807, 2.05) is 30.3 Å². The molecule has 0 saturated carbocycles. The first-order valence-corrected chi connectivity index (χ1v) is 4.77. The van der Waals surface area contributed by atoms with Gasteiger partial charge < -0.3 is 5.32 Å². The van der Waals surface area contributed by atoms with E-state index in [0.717, 1.165) is 5.56 Å². The number of rotatable bonds is 3. The molecule has 1 N–H and O–H groups in total. The van der Waals surface area contributed by atoms with E-state index < -0.39 is 6.43 Å². The Morgan fingerprint density at radius 3 is 2.20 bits per heavy atom. The molecule has 1 aromatic rings. The molecule has 0 aliphatic carbocycles. The van der Waals surface area contributed by atoms with E-state index in [-0.39, 0.29) is 24.2 Å². The summed E-state index contributed by atoms with van der Waals surface area (Å²) in [4.78, 5) is 0. The standard InChI is InChI=1S/C11H13F2N.ClH/c12-10(13)6-11(7-14-8-11)9-4-2-1-3-5-9;/h1-5,10,14H,6-8H2;1H. The molecule has 1 fully saturated rings. The van der Waals surface area contributed by atoms with Crippen LogP contribution in [-0.4, -0.2) is 19.5 Å². The molecule has 0 unspecified atom stereocenters. The molecule has 1 heterocycles. The lowest BCUT2D eigenvalue weighted by Gasteiger charge is -2.43. The first kappa shape index (κ1) is 12.4. The molecule has 0 radical (unpaired) electrons. The van der Waals surface area contributed by atoms with E-state index in [1.54, 1.807) is 0 Å². The van der Waals surface area contributed by atoms with Crippen molar-refractivity contribution in [3.63, 3.8) is 0 Å². The molecule has 1 aromatic carbocycles. The number of hydrogen-bond acceptors (Lipinski definition) is 1. The van der Waals surface area contributed by atoms with Crippen LogP contribution in [0.4, 0.5) is 8.78 Å². The van der Waals surface area contributed by atoms with Gasteiger partial charge in [-0.15, -0.1) is 12.4 Å². The second-order valence-electron chi connectivity index (χ2n) is 3.85. The Balaban J connectivity index is 0.00000112. The molecule has 1 nitrogen and oxygen atoms in total. The van der Waals surface area contributed by atoms with E-state index in [9.17, 15) is 8.78 Å². The molecule has 15 heavy (non-hydrogen) atoms. The highest BCUT2D eigenvalue weighted by Crippen LogP contribution is 2.34. The lowest BCUT2D eigenvalue weighted by atomic mass is 9.73. The third kappa shape index (κ3) is 2.47. The van der Waals surface area contributed by atoms with Gasteiger partial charge in [0.2, 0.25) is 6.43 Å². The monoisotopic (exact) mass is 233 g/mol. The van der Waals surface area contributed by atoms with E-state index in [4.69, 9.17) is 0 Å². The van der Waals surface area contributed by atoms with Crippen molar-refractivity contribution in [2.45, 2.75) is 18.3 Å². The van der Waals surface area contributed by atoms with Crippen LogP contribution in [0.5, 0.6) is 0 Å². The third-order valence-corrected chi connectivity index (χ3v) is 2.86. The van der Waals surface area contributed by atoms with Gasteiger partial charge in [0.1, 0.15) is 0 Å². The van der Waals surface area contributed by atoms with Crippen molar-refractivity contribution in [1.29, 1.82) is 0 Å². The SMILES string of the molecule is Cl.FC(F)CC1(c2ccccc2)CNC1. The Morgan fingerprint density at radius 1 is 1.20 bits per heavy atom. The summed E-state index contributed by atoms with van der Waals surface area (Å²) in [5.41, 5.74) is 0.703. The summed E-state index contributed by atoms with van der Waals surface area (Å²) in [5.74, 6) is 0. The van der Waals surface area contributed by atoms with Crippen LogP contribution in [0, 0.1) is 0 Å². The van der Waals surface area contributed by atoms with Crippen LogP contribution >= 0.6 is 12.4 Å². The number of alkyl halides is 2. The molecule has 1 aliphatic rings. The smallest absolute Gasteiger partial charge is 0.239 e. The van der Waals surface area contributed by atoms with Crippen molar-refractivity contribution in [2.24, 2.45) is 0 Å². The van der Waals surface area contributed by atoms with Gasteiger partial charge in [-0.1, -0.05) is 30.3 Å². The van der Waals surface area contributed by atoms with Crippen molar-refractivity contribution in [3.05, 3.63) is 35.9 Å². The maximum atomic E-state index is 12.4.